The van der Waals surface area contributed by atoms with Crippen LogP contribution in [0.1, 0.15) is 35.2 Å². The average Bonchev–Trinajstić information content (AvgIpc) is 3.02. The van der Waals surface area contributed by atoms with Gasteiger partial charge in [-0.05, 0) is 19.1 Å². The number of para-hydroxylation sites is 1. The van der Waals surface area contributed by atoms with Crippen LogP contribution in [0, 0.1) is 6.92 Å². The highest BCUT2D eigenvalue weighted by Crippen LogP contribution is 2.21. The van der Waals surface area contributed by atoms with Crippen LogP contribution < -0.4 is 5.76 Å². The van der Waals surface area contributed by atoms with E-state index in [1.54, 1.807) is 26.0 Å². The molecule has 0 radical (unpaired) electrons. The molecule has 8 nitrogen and oxygen atoms in total. The lowest BCUT2D eigenvalue weighted by molar-refractivity contribution is 0.0278. The molecule has 0 aliphatic heterocycles. The van der Waals surface area contributed by atoms with Gasteiger partial charge in [0.1, 0.15) is 5.56 Å². The van der Waals surface area contributed by atoms with E-state index in [1.807, 2.05) is 0 Å². The summed E-state index contributed by atoms with van der Waals surface area (Å²) < 4.78 is 15.4. The van der Waals surface area contributed by atoms with Crippen LogP contribution in [-0.2, 0) is 4.74 Å². The number of esters is 1. The molecule has 21 heavy (non-hydrogen) atoms. The first-order chi connectivity index (χ1) is 10.0. The van der Waals surface area contributed by atoms with E-state index in [4.69, 9.17) is 13.6 Å². The van der Waals surface area contributed by atoms with Crippen molar-refractivity contribution in [3.63, 3.8) is 0 Å². The molecule has 0 saturated carbocycles. The van der Waals surface area contributed by atoms with Crippen LogP contribution in [0.25, 0.3) is 11.1 Å². The molecule has 0 fully saturated rings. The number of aromatic amines is 1. The Morgan fingerprint density at radius 3 is 2.86 bits per heavy atom. The highest BCUT2D eigenvalue weighted by molar-refractivity contribution is 6.00. The maximum atomic E-state index is 12.2. The molecule has 0 aliphatic carbocycles. The predicted octanol–water partition coefficient (Wildman–Crippen LogP) is 1.73. The van der Waals surface area contributed by atoms with Crippen molar-refractivity contribution >= 4 is 17.1 Å². The van der Waals surface area contributed by atoms with Gasteiger partial charge in [-0.1, -0.05) is 6.07 Å². The van der Waals surface area contributed by atoms with Crippen LogP contribution in [0.3, 0.4) is 0 Å². The van der Waals surface area contributed by atoms with Gasteiger partial charge in [-0.15, -0.1) is 10.2 Å². The van der Waals surface area contributed by atoms with Gasteiger partial charge in [0, 0.05) is 6.92 Å². The molecule has 0 spiro atoms. The largest absolute Gasteiger partial charge is 0.449 e. The topological polar surface area (TPSA) is 111 Å². The van der Waals surface area contributed by atoms with E-state index in [0.29, 0.717) is 11.4 Å². The van der Waals surface area contributed by atoms with Crippen LogP contribution in [0.4, 0.5) is 0 Å². The number of rotatable bonds is 3. The first-order valence-electron chi connectivity index (χ1n) is 6.17. The minimum absolute atomic E-state index is 0.147. The number of benzene rings is 1. The molecule has 1 N–H and O–H groups in total. The van der Waals surface area contributed by atoms with Crippen molar-refractivity contribution in [3.8, 4) is 0 Å². The van der Waals surface area contributed by atoms with Crippen molar-refractivity contribution in [1.82, 2.24) is 15.2 Å². The number of aryl methyl sites for hydroxylation is 1. The zero-order valence-corrected chi connectivity index (χ0v) is 11.2. The zero-order valence-electron chi connectivity index (χ0n) is 11.2. The molecular formula is C13H11N3O5. The van der Waals surface area contributed by atoms with Gasteiger partial charge in [-0.2, -0.15) is 0 Å². The Hall–Kier alpha value is -2.90. The maximum Gasteiger partial charge on any atom is 0.417 e. The van der Waals surface area contributed by atoms with Gasteiger partial charge in [-0.25, -0.2) is 9.59 Å². The first-order valence-corrected chi connectivity index (χ1v) is 6.17. The number of carbonyl (C=O) groups is 1. The number of nitrogens with one attached hydrogen (secondary N) is 1. The first kappa shape index (κ1) is 13.1. The van der Waals surface area contributed by atoms with Gasteiger partial charge >= 0.3 is 11.7 Å². The van der Waals surface area contributed by atoms with Gasteiger partial charge in [0.15, 0.2) is 11.7 Å². The van der Waals surface area contributed by atoms with E-state index < -0.39 is 17.8 Å². The number of nitrogens with zero attached hydrogens (tertiary/aromatic N) is 2. The maximum absolute atomic E-state index is 12.2. The number of oxazole rings is 1. The number of H-pyrrole nitrogens is 1. The lowest BCUT2D eigenvalue weighted by Gasteiger charge is -2.09. The molecule has 0 aliphatic rings. The van der Waals surface area contributed by atoms with Crippen LogP contribution in [0.2, 0.25) is 0 Å². The Morgan fingerprint density at radius 2 is 2.14 bits per heavy atom. The minimum Gasteiger partial charge on any atom is -0.449 e. The third-order valence-corrected chi connectivity index (χ3v) is 2.84. The molecule has 1 atom stereocenters. The second-order valence-corrected chi connectivity index (χ2v) is 4.40. The Bertz CT molecular complexity index is 860. The number of hydrogen-bond acceptors (Lipinski definition) is 7. The van der Waals surface area contributed by atoms with E-state index in [9.17, 15) is 9.59 Å². The Morgan fingerprint density at radius 1 is 1.33 bits per heavy atom. The molecule has 1 aromatic carbocycles. The summed E-state index contributed by atoms with van der Waals surface area (Å²) in [5.41, 5.74) is 0.728. The molecule has 108 valence electrons. The average molecular weight is 289 g/mol. The summed E-state index contributed by atoms with van der Waals surface area (Å²) in [5.74, 6) is -0.701. The summed E-state index contributed by atoms with van der Waals surface area (Å²) in [6, 6.07) is 4.75. The van der Waals surface area contributed by atoms with E-state index in [-0.39, 0.29) is 17.0 Å². The number of aromatic nitrogens is 3. The van der Waals surface area contributed by atoms with E-state index in [0.717, 1.165) is 0 Å². The van der Waals surface area contributed by atoms with Crippen LogP contribution >= 0.6 is 0 Å². The summed E-state index contributed by atoms with van der Waals surface area (Å²) >= 11 is 0. The second kappa shape index (κ2) is 4.89. The zero-order chi connectivity index (χ0) is 15.0. The molecule has 0 bridgehead atoms. The molecule has 0 saturated heterocycles. The fourth-order valence-electron chi connectivity index (χ4n) is 1.88. The Balaban J connectivity index is 1.89. The van der Waals surface area contributed by atoms with E-state index in [2.05, 4.69) is 15.2 Å². The van der Waals surface area contributed by atoms with Crippen molar-refractivity contribution in [2.45, 2.75) is 20.0 Å². The smallest absolute Gasteiger partial charge is 0.417 e. The molecule has 0 unspecified atom stereocenters. The van der Waals surface area contributed by atoms with E-state index in [1.165, 1.54) is 6.07 Å². The number of ether oxygens (including phenoxy) is 1. The van der Waals surface area contributed by atoms with Crippen LogP contribution in [0.15, 0.2) is 31.8 Å². The third kappa shape index (κ3) is 2.42. The second-order valence-electron chi connectivity index (χ2n) is 4.40. The van der Waals surface area contributed by atoms with Gasteiger partial charge in [-0.3, -0.25) is 4.98 Å². The van der Waals surface area contributed by atoms with Crippen LogP contribution in [-0.4, -0.2) is 21.2 Å². The van der Waals surface area contributed by atoms with Gasteiger partial charge in [0.05, 0.1) is 5.52 Å². The molecule has 3 aromatic rings. The lowest BCUT2D eigenvalue weighted by atomic mass is 10.2. The number of hydrogen-bond donors (Lipinski definition) is 1. The normalized spacial score (nSPS) is 12.5. The summed E-state index contributed by atoms with van der Waals surface area (Å²) in [4.78, 5) is 25.8. The number of carbonyl (C=O) groups excluding carboxylic acids is 1. The molecule has 8 heteroatoms. The SMILES string of the molecule is Cc1nnc([C@H](C)OC(=O)c2cccc3[nH]c(=O)oc23)o1. The van der Waals surface area contributed by atoms with Crippen molar-refractivity contribution in [1.29, 1.82) is 0 Å². The summed E-state index contributed by atoms with van der Waals surface area (Å²) in [5, 5.41) is 7.45. The molecule has 2 heterocycles. The Kier molecular flexibility index (Phi) is 3.05. The summed E-state index contributed by atoms with van der Waals surface area (Å²) in [6.07, 6.45) is -0.709. The molecule has 2 aromatic heterocycles. The fourth-order valence-corrected chi connectivity index (χ4v) is 1.88. The van der Waals surface area contributed by atoms with Crippen LogP contribution in [0.5, 0.6) is 0 Å². The quantitative estimate of drug-likeness (QED) is 0.731. The standard InChI is InChI=1S/C13H11N3O5/c1-6(11-16-15-7(2)20-11)19-12(17)8-4-3-5-9-10(8)21-13(18)14-9/h3-6H,1-2H3,(H,14,18)/t6-/m0/s1. The monoisotopic (exact) mass is 289 g/mol. The molecule has 3 rings (SSSR count). The minimum atomic E-state index is -0.709. The van der Waals surface area contributed by atoms with Crippen molar-refractivity contribution in [2.24, 2.45) is 0 Å². The van der Waals surface area contributed by atoms with E-state index >= 15 is 0 Å². The van der Waals surface area contributed by atoms with Crippen molar-refractivity contribution in [3.05, 3.63) is 46.1 Å². The van der Waals surface area contributed by atoms with Crippen molar-refractivity contribution in [2.75, 3.05) is 0 Å². The highest BCUT2D eigenvalue weighted by Gasteiger charge is 2.21. The highest BCUT2D eigenvalue weighted by atomic mass is 16.6. The van der Waals surface area contributed by atoms with Gasteiger partial charge in [0.2, 0.25) is 5.89 Å². The lowest BCUT2D eigenvalue weighted by Crippen LogP contribution is -2.10. The predicted molar refractivity (Wildman–Crippen MR) is 69.7 cm³/mol. The fraction of sp³-hybridized carbons (Fsp3) is 0.231. The summed E-state index contributed by atoms with van der Waals surface area (Å²) in [6.45, 7) is 3.25. The number of fused-ring (bicyclic) bond motifs is 1. The molecular weight excluding hydrogens is 278 g/mol. The van der Waals surface area contributed by atoms with Gasteiger partial charge < -0.3 is 13.6 Å². The van der Waals surface area contributed by atoms with Gasteiger partial charge in [0.25, 0.3) is 5.89 Å². The molecule has 0 amide bonds. The van der Waals surface area contributed by atoms with Crippen molar-refractivity contribution < 1.29 is 18.4 Å². The third-order valence-electron chi connectivity index (χ3n) is 2.84. The summed E-state index contributed by atoms with van der Waals surface area (Å²) in [7, 11) is 0. The Labute approximate surface area is 117 Å².